The molecule has 0 saturated carbocycles. The molecule has 0 aromatic heterocycles. The van der Waals surface area contributed by atoms with E-state index in [1.54, 1.807) is 19.9 Å². The molecule has 3 N–H and O–H groups in total. The molecule has 1 heterocycles. The van der Waals surface area contributed by atoms with Crippen LogP contribution in [0, 0.1) is 11.3 Å². The number of nitrogens with zero attached hydrogens (tertiary/aromatic N) is 1. The molecule has 1 aliphatic heterocycles. The van der Waals surface area contributed by atoms with Gasteiger partial charge in [-0.15, -0.1) is 0 Å². The Morgan fingerprint density at radius 2 is 1.70 bits per heavy atom. The number of hydrogen-bond acceptors (Lipinski definition) is 4. The number of dihydropyridines is 1. The van der Waals surface area contributed by atoms with Crippen LogP contribution in [-0.2, 0) is 9.59 Å². The lowest BCUT2D eigenvalue weighted by atomic mass is 9.80. The Balaban J connectivity index is 2.81. The van der Waals surface area contributed by atoms with Crippen molar-refractivity contribution in [1.29, 1.82) is 5.26 Å². The molecule has 0 saturated heterocycles. The van der Waals surface area contributed by atoms with E-state index in [0.29, 0.717) is 11.4 Å². The summed E-state index contributed by atoms with van der Waals surface area (Å²) < 4.78 is 0. The summed E-state index contributed by atoms with van der Waals surface area (Å²) in [6.07, 6.45) is 0. The van der Waals surface area contributed by atoms with Crippen molar-refractivity contribution in [3.63, 3.8) is 0 Å². The van der Waals surface area contributed by atoms with Crippen molar-refractivity contribution in [1.82, 2.24) is 5.32 Å². The van der Waals surface area contributed by atoms with Gasteiger partial charge >= 0.3 is 11.9 Å². The zero-order valence-electron chi connectivity index (χ0n) is 12.3. The number of nitrogens with one attached hydrogen (secondary N) is 1. The maximum Gasteiger partial charge on any atom is 0.334 e. The van der Waals surface area contributed by atoms with Gasteiger partial charge in [-0.25, -0.2) is 9.59 Å². The summed E-state index contributed by atoms with van der Waals surface area (Å²) in [6.45, 7) is 3.11. The number of hydrogen-bond donors (Lipinski definition) is 3. The van der Waals surface area contributed by atoms with Crippen molar-refractivity contribution in [3.8, 4) is 6.07 Å². The molecule has 23 heavy (non-hydrogen) atoms. The summed E-state index contributed by atoms with van der Waals surface area (Å²) in [4.78, 5) is 23.3. The van der Waals surface area contributed by atoms with Crippen LogP contribution in [0.2, 0.25) is 5.02 Å². The third-order valence-corrected chi connectivity index (χ3v) is 4.10. The van der Waals surface area contributed by atoms with E-state index in [0.717, 1.165) is 0 Å². The first-order chi connectivity index (χ1) is 10.8. The number of allylic oxidation sites excluding steroid dienone is 2. The summed E-state index contributed by atoms with van der Waals surface area (Å²) in [7, 11) is 0. The van der Waals surface area contributed by atoms with Gasteiger partial charge in [0.05, 0.1) is 27.7 Å². The van der Waals surface area contributed by atoms with Gasteiger partial charge in [0.15, 0.2) is 0 Å². The van der Waals surface area contributed by atoms with Crippen LogP contribution in [0.25, 0.3) is 0 Å². The lowest BCUT2D eigenvalue weighted by molar-refractivity contribution is -0.133. The van der Waals surface area contributed by atoms with Gasteiger partial charge < -0.3 is 15.5 Å². The highest BCUT2D eigenvalue weighted by atomic mass is 35.5. The molecule has 2 rings (SSSR count). The topological polar surface area (TPSA) is 110 Å². The number of carboxylic acid groups (broad SMARTS) is 2. The van der Waals surface area contributed by atoms with Crippen LogP contribution in [-0.4, -0.2) is 22.2 Å². The first-order valence-corrected chi connectivity index (χ1v) is 7.01. The van der Waals surface area contributed by atoms with Gasteiger partial charge in [-0.1, -0.05) is 23.7 Å². The van der Waals surface area contributed by atoms with E-state index < -0.39 is 17.9 Å². The van der Waals surface area contributed by atoms with E-state index in [1.165, 1.54) is 12.1 Å². The Bertz CT molecular complexity index is 782. The van der Waals surface area contributed by atoms with Crippen LogP contribution in [0.4, 0.5) is 0 Å². The van der Waals surface area contributed by atoms with Crippen molar-refractivity contribution in [3.05, 3.63) is 56.9 Å². The third kappa shape index (κ3) is 2.79. The maximum atomic E-state index is 11.7. The zero-order chi connectivity index (χ0) is 17.3. The lowest BCUT2D eigenvalue weighted by Crippen LogP contribution is -2.31. The maximum absolute atomic E-state index is 11.7. The number of aliphatic carboxylic acids is 2. The molecule has 0 bridgehead atoms. The van der Waals surface area contributed by atoms with Crippen LogP contribution in [0.5, 0.6) is 0 Å². The molecule has 0 unspecified atom stereocenters. The number of benzene rings is 1. The molecule has 7 heteroatoms. The Hall–Kier alpha value is -2.78. The van der Waals surface area contributed by atoms with Crippen molar-refractivity contribution < 1.29 is 19.8 Å². The first kappa shape index (κ1) is 16.6. The summed E-state index contributed by atoms with van der Waals surface area (Å²) in [5.74, 6) is -3.55. The summed E-state index contributed by atoms with van der Waals surface area (Å²) in [6, 6.07) is 6.48. The minimum absolute atomic E-state index is 0.0556. The molecule has 6 nitrogen and oxygen atoms in total. The molecule has 1 aliphatic rings. The predicted molar refractivity (Wildman–Crippen MR) is 82.7 cm³/mol. The summed E-state index contributed by atoms with van der Waals surface area (Å²) >= 11 is 6.20. The van der Waals surface area contributed by atoms with Crippen molar-refractivity contribution in [2.24, 2.45) is 0 Å². The van der Waals surface area contributed by atoms with E-state index in [9.17, 15) is 19.8 Å². The van der Waals surface area contributed by atoms with Gasteiger partial charge in [0.25, 0.3) is 0 Å². The molecule has 0 spiro atoms. The second-order valence-corrected chi connectivity index (χ2v) is 5.44. The largest absolute Gasteiger partial charge is 0.478 e. The highest BCUT2D eigenvalue weighted by molar-refractivity contribution is 6.32. The van der Waals surface area contributed by atoms with Crippen LogP contribution in [0.3, 0.4) is 0 Å². The lowest BCUT2D eigenvalue weighted by Gasteiger charge is -2.29. The van der Waals surface area contributed by atoms with Gasteiger partial charge in [-0.2, -0.15) is 5.26 Å². The number of carbonyl (C=O) groups is 2. The van der Waals surface area contributed by atoms with E-state index in [4.69, 9.17) is 16.9 Å². The third-order valence-electron chi connectivity index (χ3n) is 3.68. The Morgan fingerprint density at radius 3 is 2.13 bits per heavy atom. The van der Waals surface area contributed by atoms with Crippen LogP contribution < -0.4 is 5.32 Å². The first-order valence-electron chi connectivity index (χ1n) is 6.63. The monoisotopic (exact) mass is 332 g/mol. The summed E-state index contributed by atoms with van der Waals surface area (Å²) in [5.41, 5.74) is 0.898. The van der Waals surface area contributed by atoms with E-state index in [-0.39, 0.29) is 27.3 Å². The summed E-state index contributed by atoms with van der Waals surface area (Å²) in [5, 5.41) is 31.0. The standard InChI is InChI=1S/C16H13ClN2O4/c1-7-11(15(20)21)13(12(16(22)23)8(2)19-7)10-5-3-4-9(6-18)14(10)17/h3-5,13,19H,1-2H3,(H,20,21)(H,22,23). The molecule has 1 aromatic carbocycles. The number of halogens is 1. The van der Waals surface area contributed by atoms with Gasteiger partial charge in [0.1, 0.15) is 6.07 Å². The van der Waals surface area contributed by atoms with Crippen LogP contribution in [0.1, 0.15) is 30.9 Å². The van der Waals surface area contributed by atoms with Gasteiger partial charge in [-0.3, -0.25) is 0 Å². The number of rotatable bonds is 3. The molecule has 118 valence electrons. The average molecular weight is 333 g/mol. The Morgan fingerprint density at radius 1 is 1.17 bits per heavy atom. The van der Waals surface area contributed by atoms with Gasteiger partial charge in [0, 0.05) is 11.4 Å². The van der Waals surface area contributed by atoms with Gasteiger partial charge in [-0.05, 0) is 25.5 Å². The van der Waals surface area contributed by atoms with Crippen molar-refractivity contribution in [2.75, 3.05) is 0 Å². The molecule has 0 fully saturated rings. The zero-order valence-corrected chi connectivity index (χ0v) is 13.1. The van der Waals surface area contributed by atoms with E-state index in [2.05, 4.69) is 5.32 Å². The minimum Gasteiger partial charge on any atom is -0.478 e. The SMILES string of the molecule is CC1=C(C(=O)O)C(c2cccc(C#N)c2Cl)C(C(=O)O)=C(C)N1. The molecule has 0 radical (unpaired) electrons. The fourth-order valence-corrected chi connectivity index (χ4v) is 3.01. The second kappa shape index (κ2) is 6.15. The van der Waals surface area contributed by atoms with Crippen molar-refractivity contribution in [2.45, 2.75) is 19.8 Å². The molecule has 0 aliphatic carbocycles. The fraction of sp³-hybridized carbons (Fsp3) is 0.188. The minimum atomic E-state index is -1.25. The number of carboxylic acids is 2. The van der Waals surface area contributed by atoms with Crippen molar-refractivity contribution >= 4 is 23.5 Å². The quantitative estimate of drug-likeness (QED) is 0.784. The second-order valence-electron chi connectivity index (χ2n) is 5.07. The average Bonchev–Trinajstić information content (AvgIpc) is 2.45. The van der Waals surface area contributed by atoms with Crippen LogP contribution in [0.15, 0.2) is 40.7 Å². The van der Waals surface area contributed by atoms with E-state index in [1.807, 2.05) is 6.07 Å². The normalized spacial score (nSPS) is 15.2. The highest BCUT2D eigenvalue weighted by Gasteiger charge is 2.37. The molecular weight excluding hydrogens is 320 g/mol. The smallest absolute Gasteiger partial charge is 0.334 e. The Kier molecular flexibility index (Phi) is 4.43. The Labute approximate surface area is 137 Å². The van der Waals surface area contributed by atoms with Crippen LogP contribution >= 0.6 is 11.6 Å². The molecule has 1 aromatic rings. The molecule has 0 amide bonds. The fourth-order valence-electron chi connectivity index (χ4n) is 2.73. The molecule has 0 atom stereocenters. The predicted octanol–water partition coefficient (Wildman–Crippen LogP) is 2.62. The highest BCUT2D eigenvalue weighted by Crippen LogP contribution is 2.41. The van der Waals surface area contributed by atoms with E-state index >= 15 is 0 Å². The van der Waals surface area contributed by atoms with Gasteiger partial charge in [0.2, 0.25) is 0 Å². The number of nitriles is 1. The molecular formula is C16H13ClN2O4.